The molecule has 0 saturated heterocycles. The summed E-state index contributed by atoms with van der Waals surface area (Å²) >= 11 is 0. The van der Waals surface area contributed by atoms with E-state index < -0.39 is 0 Å². The Balaban J connectivity index is 3.07. The van der Waals surface area contributed by atoms with Gasteiger partial charge in [0.2, 0.25) is 0 Å². The van der Waals surface area contributed by atoms with Gasteiger partial charge in [-0.3, -0.25) is 4.79 Å². The summed E-state index contributed by atoms with van der Waals surface area (Å²) in [5, 5.41) is 0. The predicted molar refractivity (Wildman–Crippen MR) is 166 cm³/mol. The van der Waals surface area contributed by atoms with E-state index in [-0.39, 0.29) is 12.6 Å². The summed E-state index contributed by atoms with van der Waals surface area (Å²) < 4.78 is 54.4. The SMILES string of the molecule is CCCCCCCOCCOCCOCCOCCOCCOCCOCCOCCOCCOC(=O)CCCCCC. The fourth-order valence-corrected chi connectivity index (χ4v) is 3.65. The van der Waals surface area contributed by atoms with Crippen molar-refractivity contribution in [1.29, 1.82) is 0 Å². The second-order valence-electron chi connectivity index (χ2n) is 9.96. The summed E-state index contributed by atoms with van der Waals surface area (Å²) in [5.74, 6) is -0.148. The first-order valence-electron chi connectivity index (χ1n) is 16.7. The molecule has 0 aliphatic carbocycles. The molecule has 0 bridgehead atoms. The molecule has 11 heteroatoms. The molecule has 0 aromatic carbocycles. The van der Waals surface area contributed by atoms with Gasteiger partial charge < -0.3 is 47.4 Å². The van der Waals surface area contributed by atoms with Gasteiger partial charge in [0.15, 0.2) is 0 Å². The molecule has 0 aromatic heterocycles. The number of hydrogen-bond acceptors (Lipinski definition) is 11. The molecule has 0 aliphatic heterocycles. The molecule has 0 unspecified atom stereocenters. The van der Waals surface area contributed by atoms with E-state index in [9.17, 15) is 4.79 Å². The smallest absolute Gasteiger partial charge is 0.305 e. The lowest BCUT2D eigenvalue weighted by Gasteiger charge is -2.09. The van der Waals surface area contributed by atoms with Gasteiger partial charge >= 0.3 is 5.97 Å². The maximum atomic E-state index is 11.5. The van der Waals surface area contributed by atoms with Gasteiger partial charge in [0.05, 0.1) is 112 Å². The standard InChI is InChI=1S/C32H64O11/c1-3-5-7-9-11-13-34-14-15-35-16-17-36-18-19-37-20-21-38-22-23-39-24-25-40-26-27-41-28-29-42-30-31-43-32(33)12-10-8-6-4-2/h3-31H2,1-2H3. The number of carbonyl (C=O) groups is 1. The van der Waals surface area contributed by atoms with Crippen LogP contribution in [0.15, 0.2) is 0 Å². The van der Waals surface area contributed by atoms with Gasteiger partial charge in [-0.2, -0.15) is 0 Å². The fraction of sp³-hybridized carbons (Fsp3) is 0.969. The minimum Gasteiger partial charge on any atom is -0.463 e. The lowest BCUT2D eigenvalue weighted by molar-refractivity contribution is -0.145. The molecule has 258 valence electrons. The molecule has 43 heavy (non-hydrogen) atoms. The highest BCUT2D eigenvalue weighted by Crippen LogP contribution is 2.03. The van der Waals surface area contributed by atoms with Crippen LogP contribution in [0.3, 0.4) is 0 Å². The van der Waals surface area contributed by atoms with Gasteiger partial charge in [-0.05, 0) is 12.8 Å². The number of carbonyl (C=O) groups excluding carboxylic acids is 1. The number of ether oxygens (including phenoxy) is 10. The van der Waals surface area contributed by atoms with Crippen molar-refractivity contribution in [3.05, 3.63) is 0 Å². The van der Waals surface area contributed by atoms with Crippen molar-refractivity contribution in [2.45, 2.75) is 78.1 Å². The summed E-state index contributed by atoms with van der Waals surface area (Å²) in [6.45, 7) is 14.3. The van der Waals surface area contributed by atoms with Crippen LogP contribution in [-0.2, 0) is 52.2 Å². The first kappa shape index (κ1) is 42.1. The number of unbranched alkanes of at least 4 members (excludes halogenated alkanes) is 7. The van der Waals surface area contributed by atoms with Crippen molar-refractivity contribution in [1.82, 2.24) is 0 Å². The zero-order valence-electron chi connectivity index (χ0n) is 27.5. The van der Waals surface area contributed by atoms with Gasteiger partial charge in [-0.15, -0.1) is 0 Å². The fourth-order valence-electron chi connectivity index (χ4n) is 3.65. The third-order valence-electron chi connectivity index (χ3n) is 6.09. The van der Waals surface area contributed by atoms with Crippen LogP contribution in [0.5, 0.6) is 0 Å². The van der Waals surface area contributed by atoms with Crippen molar-refractivity contribution >= 4 is 5.97 Å². The van der Waals surface area contributed by atoms with Crippen LogP contribution in [0.2, 0.25) is 0 Å². The topological polar surface area (TPSA) is 109 Å². The largest absolute Gasteiger partial charge is 0.463 e. The molecule has 0 N–H and O–H groups in total. The van der Waals surface area contributed by atoms with Crippen molar-refractivity contribution in [3.63, 3.8) is 0 Å². The van der Waals surface area contributed by atoms with Crippen molar-refractivity contribution in [3.8, 4) is 0 Å². The first-order chi connectivity index (χ1) is 21.3. The second-order valence-corrected chi connectivity index (χ2v) is 9.96. The van der Waals surface area contributed by atoms with Crippen LogP contribution in [0.1, 0.15) is 78.1 Å². The Kier molecular flexibility index (Phi) is 38.3. The maximum absolute atomic E-state index is 11.5. The Morgan fingerprint density at radius 3 is 0.953 bits per heavy atom. The van der Waals surface area contributed by atoms with Crippen molar-refractivity contribution < 1.29 is 52.2 Å². The van der Waals surface area contributed by atoms with E-state index in [1.165, 1.54) is 25.7 Å². The Bertz CT molecular complexity index is 526. The van der Waals surface area contributed by atoms with E-state index in [4.69, 9.17) is 47.4 Å². The van der Waals surface area contributed by atoms with Crippen LogP contribution < -0.4 is 0 Å². The van der Waals surface area contributed by atoms with E-state index >= 15 is 0 Å². The molecule has 0 heterocycles. The van der Waals surface area contributed by atoms with Gasteiger partial charge in [0.25, 0.3) is 0 Å². The summed E-state index contributed by atoms with van der Waals surface area (Å²) in [4.78, 5) is 11.5. The average molecular weight is 625 g/mol. The highest BCUT2D eigenvalue weighted by molar-refractivity contribution is 5.69. The molecule has 0 amide bonds. The van der Waals surface area contributed by atoms with Crippen LogP contribution in [0, 0.1) is 0 Å². The monoisotopic (exact) mass is 624 g/mol. The number of esters is 1. The van der Waals surface area contributed by atoms with Crippen molar-refractivity contribution in [2.75, 3.05) is 126 Å². The van der Waals surface area contributed by atoms with E-state index in [2.05, 4.69) is 13.8 Å². The molecule has 0 aliphatic rings. The first-order valence-corrected chi connectivity index (χ1v) is 16.7. The number of rotatable bonds is 38. The summed E-state index contributed by atoms with van der Waals surface area (Å²) in [5.41, 5.74) is 0. The highest BCUT2D eigenvalue weighted by Gasteiger charge is 2.02. The molecule has 0 atom stereocenters. The Hall–Kier alpha value is -0.890. The molecular formula is C32H64O11. The van der Waals surface area contributed by atoms with Gasteiger partial charge in [0.1, 0.15) is 6.61 Å². The molecular weight excluding hydrogens is 560 g/mol. The molecule has 11 nitrogen and oxygen atoms in total. The van der Waals surface area contributed by atoms with E-state index in [1.54, 1.807) is 0 Å². The Labute approximate surface area is 261 Å². The van der Waals surface area contributed by atoms with E-state index in [1.807, 2.05) is 0 Å². The van der Waals surface area contributed by atoms with Gasteiger partial charge in [-0.25, -0.2) is 0 Å². The van der Waals surface area contributed by atoms with Crippen LogP contribution in [-0.4, -0.2) is 132 Å². The van der Waals surface area contributed by atoms with Crippen LogP contribution >= 0.6 is 0 Å². The molecule has 0 spiro atoms. The van der Waals surface area contributed by atoms with Crippen LogP contribution in [0.25, 0.3) is 0 Å². The Morgan fingerprint density at radius 1 is 0.326 bits per heavy atom. The van der Waals surface area contributed by atoms with E-state index in [0.717, 1.165) is 38.7 Å². The zero-order chi connectivity index (χ0) is 31.2. The third-order valence-corrected chi connectivity index (χ3v) is 6.09. The maximum Gasteiger partial charge on any atom is 0.305 e. The third kappa shape index (κ3) is 39.1. The van der Waals surface area contributed by atoms with Gasteiger partial charge in [-0.1, -0.05) is 58.8 Å². The van der Waals surface area contributed by atoms with E-state index in [0.29, 0.717) is 119 Å². The summed E-state index contributed by atoms with van der Waals surface area (Å²) in [6.07, 6.45) is 11.1. The zero-order valence-corrected chi connectivity index (χ0v) is 27.5. The lowest BCUT2D eigenvalue weighted by atomic mass is 10.2. The van der Waals surface area contributed by atoms with Crippen molar-refractivity contribution in [2.24, 2.45) is 0 Å². The number of hydrogen-bond donors (Lipinski definition) is 0. The minimum atomic E-state index is -0.148. The normalized spacial score (nSPS) is 11.4. The predicted octanol–water partition coefficient (Wildman–Crippen LogP) is 4.62. The molecule has 0 radical (unpaired) electrons. The summed E-state index contributed by atoms with van der Waals surface area (Å²) in [6, 6.07) is 0. The average Bonchev–Trinajstić information content (AvgIpc) is 3.01. The Morgan fingerprint density at radius 2 is 0.605 bits per heavy atom. The quantitative estimate of drug-likeness (QED) is 0.0709. The molecule has 0 saturated carbocycles. The highest BCUT2D eigenvalue weighted by atomic mass is 16.6. The second kappa shape index (κ2) is 39.1. The summed E-state index contributed by atoms with van der Waals surface area (Å²) in [7, 11) is 0. The molecule has 0 rings (SSSR count). The van der Waals surface area contributed by atoms with Gasteiger partial charge in [0, 0.05) is 13.0 Å². The molecule has 0 fully saturated rings. The molecule has 0 aromatic rings. The van der Waals surface area contributed by atoms with Crippen LogP contribution in [0.4, 0.5) is 0 Å². The minimum absolute atomic E-state index is 0.148. The lowest BCUT2D eigenvalue weighted by Crippen LogP contribution is -2.15.